The van der Waals surface area contributed by atoms with Crippen molar-refractivity contribution >= 4 is 98.1 Å². The molecule has 0 aromatic rings. The van der Waals surface area contributed by atoms with Crippen molar-refractivity contribution in [2.45, 2.75) is 142 Å². The smallest absolute Gasteiger partial charge is 0.348 e. The van der Waals surface area contributed by atoms with Crippen molar-refractivity contribution in [3.63, 3.8) is 0 Å². The van der Waals surface area contributed by atoms with Crippen LogP contribution in [0.25, 0.3) is 0 Å². The molecule has 0 bridgehead atoms. The molecule has 25 heteroatoms. The van der Waals surface area contributed by atoms with Crippen LogP contribution in [0.15, 0.2) is 34.5 Å². The van der Waals surface area contributed by atoms with E-state index in [0.29, 0.717) is 5.41 Å². The van der Waals surface area contributed by atoms with Crippen molar-refractivity contribution < 1.29 is 70.9 Å². The van der Waals surface area contributed by atoms with E-state index in [9.17, 15) is 42.8 Å². The highest BCUT2D eigenvalue weighted by molar-refractivity contribution is 8.16. The third kappa shape index (κ3) is 71.3. The van der Waals surface area contributed by atoms with Crippen LogP contribution in [0.3, 0.4) is 0 Å². The summed E-state index contributed by atoms with van der Waals surface area (Å²) in [6.07, 6.45) is 15.8. The Morgan fingerprint density at radius 3 is 1.13 bits per heavy atom. The molecule has 16 nitrogen and oxygen atoms in total. The first-order valence-electron chi connectivity index (χ1n) is 20.0. The van der Waals surface area contributed by atoms with Crippen LogP contribution >= 0.6 is 18.3 Å². The number of allylic oxidation sites excluding steroid dienone is 3. The summed E-state index contributed by atoms with van der Waals surface area (Å²) < 4.78 is 129. The van der Waals surface area contributed by atoms with Gasteiger partial charge in [0.1, 0.15) is 33.8 Å². The maximum absolute atomic E-state index is 11.8. The summed E-state index contributed by atoms with van der Waals surface area (Å²) in [6.45, 7) is 27.9. The van der Waals surface area contributed by atoms with Crippen LogP contribution in [0, 0.1) is 0 Å². The van der Waals surface area contributed by atoms with E-state index in [0.717, 1.165) is 17.1 Å². The van der Waals surface area contributed by atoms with Gasteiger partial charge in [0.05, 0.1) is 58.0 Å². The Labute approximate surface area is 402 Å². The minimum absolute atomic E-state index is 0. The number of aldehydes is 1. The number of hydrogen-bond donors (Lipinski definition) is 0. The van der Waals surface area contributed by atoms with Gasteiger partial charge in [-0.25, -0.2) is 16.8 Å². The molecule has 0 aliphatic rings. The van der Waals surface area contributed by atoms with Crippen LogP contribution in [-0.4, -0.2) is 143 Å². The van der Waals surface area contributed by atoms with Gasteiger partial charge >= 0.3 is 7.60 Å². The highest BCUT2D eigenvalue weighted by atomic mass is 35.7. The van der Waals surface area contributed by atoms with E-state index >= 15 is 0 Å². The van der Waals surface area contributed by atoms with Crippen LogP contribution in [0.1, 0.15) is 143 Å². The third-order valence-electron chi connectivity index (χ3n) is 6.40. The molecule has 0 atom stereocenters. The lowest BCUT2D eigenvalue weighted by atomic mass is 10.1. The predicted molar refractivity (Wildman–Crippen MR) is 267 cm³/mol. The molecule has 0 amide bonds. The molecular weight excluding hydrogens is 942 g/mol. The lowest BCUT2D eigenvalue weighted by Gasteiger charge is -2.39. The van der Waals surface area contributed by atoms with Crippen LogP contribution in [0.5, 0.6) is 0 Å². The summed E-state index contributed by atoms with van der Waals surface area (Å²) in [6, 6.07) is 0. The molecule has 0 N–H and O–H groups in total. The van der Waals surface area contributed by atoms with Gasteiger partial charge in [-0.15, -0.1) is 0 Å². The Hall–Kier alpha value is -0.368. The molecule has 0 heterocycles. The fourth-order valence-corrected chi connectivity index (χ4v) is 9.63. The Balaban J connectivity index is -0.0000000607. The normalized spacial score (nSPS) is 11.5. The molecule has 0 saturated heterocycles. The van der Waals surface area contributed by atoms with Gasteiger partial charge in [-0.05, 0) is 82.4 Å². The highest BCUT2D eigenvalue weighted by Gasteiger charge is 2.32. The molecule has 0 aromatic heterocycles. The van der Waals surface area contributed by atoms with Crippen LogP contribution < -0.4 is 0 Å². The molecule has 374 valence electrons. The minimum Gasteiger partial charge on any atom is -0.744 e. The lowest BCUT2D eigenvalue weighted by Crippen LogP contribution is -2.50. The summed E-state index contributed by atoms with van der Waals surface area (Å²) in [7, 11) is -9.81. The van der Waals surface area contributed by atoms with Gasteiger partial charge in [0.2, 0.25) is 0 Å². The number of unbranched alkanes of at least 4 members (excludes halogenated alkanes) is 4. The van der Waals surface area contributed by atoms with E-state index < -0.39 is 52.5 Å². The maximum atomic E-state index is 11.8. The van der Waals surface area contributed by atoms with Crippen molar-refractivity contribution in [1.29, 1.82) is 1.34 Å². The summed E-state index contributed by atoms with van der Waals surface area (Å²) >= 11 is 0. The minimum atomic E-state index is -4.10. The van der Waals surface area contributed by atoms with E-state index in [-0.39, 0.29) is 61.1 Å². The second-order valence-corrected chi connectivity index (χ2v) is 21.1. The molecule has 0 aromatic carbocycles. The van der Waals surface area contributed by atoms with Gasteiger partial charge in [0.25, 0.3) is 29.3 Å². The number of quaternary nitrogens is 1. The zero-order valence-electron chi connectivity index (χ0n) is 40.2. The average Bonchev–Trinajstić information content (AvgIpc) is 3.12. The van der Waals surface area contributed by atoms with E-state index in [2.05, 4.69) is 44.4 Å². The fourth-order valence-electron chi connectivity index (χ4n) is 4.26. The molecule has 0 spiro atoms. The van der Waals surface area contributed by atoms with Gasteiger partial charge in [0, 0.05) is 39.7 Å². The molecule has 6 radical (unpaired) electrons. The standard InChI is InChI=1S/C16H36N.C7H17O6PS.C5H10O3S.C3H5ClO2S.C3H6O3S.C2H4O.CH4.Al.BH.B.H2.2H/c1-5-9-13-17(14-10-6-2,15-11-7-3)16-12-8-4;1-4-11-14(8,12-5-2)7-15(9,10)13-6-3;1-3-5-9(6,7)8-4-2;2*1-2-3-7(4,5)6;1-2-3;;;;;;;/h5-16H2,1-4H3;4-7H2,1-3H3;3,5H,4H2,1-2H3;2-3H,1H3;2-3H,1H3,(H,4,5,6);2H,1H3;1H4;;1H;;1H;;/q+1;;;;;;;;;;;;/p-1/b;;5-3+;2*3-2+;;;;;;;;/i;;;;;;;;1T;;1+1;;. The number of carbonyl (C=O) groups is 1. The number of carbonyl (C=O) groups excluding carboxylic acids is 1. The molecule has 0 saturated carbocycles. The van der Waals surface area contributed by atoms with Gasteiger partial charge in [-0.3, -0.25) is 12.9 Å². The fraction of sp³-hybridized carbons (Fsp3) is 0.811. The van der Waals surface area contributed by atoms with Crippen molar-refractivity contribution in [2.24, 2.45) is 0 Å². The number of nitrogens with zero attached hydrogens (tertiary/aromatic N) is 1. The molecule has 0 aliphatic carbocycles. The second-order valence-electron chi connectivity index (χ2n) is 11.7. The number of rotatable bonds is 25. The Bertz CT molecular complexity index is 1480. The van der Waals surface area contributed by atoms with Crippen molar-refractivity contribution in [1.82, 2.24) is 0 Å². The molecule has 0 unspecified atom stereocenters. The number of halogens is 1. The third-order valence-corrected chi connectivity index (χ3v) is 13.5. The summed E-state index contributed by atoms with van der Waals surface area (Å²) in [5, 5.41) is 2.55. The van der Waals surface area contributed by atoms with Crippen molar-refractivity contribution in [2.75, 3.05) is 58.1 Å². The first kappa shape index (κ1) is 81.8. The van der Waals surface area contributed by atoms with Crippen molar-refractivity contribution in [3.05, 3.63) is 34.5 Å². The quantitative estimate of drug-likeness (QED) is 0.0162. The van der Waals surface area contributed by atoms with E-state index in [1.165, 1.54) is 121 Å². The van der Waals surface area contributed by atoms with Gasteiger partial charge in [0.15, 0.2) is 5.49 Å². The lowest BCUT2D eigenvalue weighted by molar-refractivity contribution is -0.929. The Kier molecular flexibility index (Phi) is 70.2. The van der Waals surface area contributed by atoms with Crippen molar-refractivity contribution in [3.8, 4) is 0 Å². The predicted octanol–water partition coefficient (Wildman–Crippen LogP) is 7.76. The highest BCUT2D eigenvalue weighted by Crippen LogP contribution is 2.49. The molecule has 62 heavy (non-hydrogen) atoms. The summed E-state index contributed by atoms with van der Waals surface area (Å²) in [5.74, 6) is 0. The van der Waals surface area contributed by atoms with E-state index in [1.54, 1.807) is 34.6 Å². The zero-order valence-corrected chi connectivity index (χ0v) is 46.2. The second kappa shape index (κ2) is 53.2. The maximum Gasteiger partial charge on any atom is 0.348 e. The molecule has 0 fully saturated rings. The Morgan fingerprint density at radius 1 is 0.645 bits per heavy atom. The molecular formula is C37H86AlB2ClNO15PS4. The van der Waals surface area contributed by atoms with E-state index in [1.807, 2.05) is 0 Å². The van der Waals surface area contributed by atoms with Gasteiger partial charge < -0.3 is 22.9 Å². The zero-order chi connectivity index (χ0) is 48.8. The number of hydrogen-bond acceptors (Lipinski definition) is 15. The monoisotopic (exact) mass is 1030 g/mol. The molecule has 0 rings (SSSR count). The van der Waals surface area contributed by atoms with Crippen LogP contribution in [-0.2, 0) is 66.2 Å². The summed E-state index contributed by atoms with van der Waals surface area (Å²) in [5.41, 5.74) is -0.741. The first-order chi connectivity index (χ1) is 27.8. The summed E-state index contributed by atoms with van der Waals surface area (Å²) in [4.78, 5) is 8.81. The SMILES string of the molecule is C.C/C=C/S(=O)(=O)Cl.C/C=C/S(=O)(=O)OCC.C/C=C/S(=O)(=O)[O-].CC=O.CCCC[N+](CCCC)(CCCC)CCCC.CCOP(=O)(CS(=O)(=O)OCC)OCC.[2HH].[3H][B].[AlH2].[B]. The van der Waals surface area contributed by atoms with Gasteiger partial charge in [-0.1, -0.05) is 79.0 Å². The Morgan fingerprint density at radius 2 is 0.952 bits per heavy atom. The van der Waals surface area contributed by atoms with E-state index in [4.69, 9.17) is 25.9 Å². The average molecular weight is 1030 g/mol. The van der Waals surface area contributed by atoms with Gasteiger partial charge in [-0.2, -0.15) is 16.8 Å². The topological polar surface area (TPSA) is 231 Å². The van der Waals surface area contributed by atoms with Crippen LogP contribution in [0.4, 0.5) is 0 Å². The largest absolute Gasteiger partial charge is 0.744 e. The first-order valence-corrected chi connectivity index (χ1v) is 28.1. The molecule has 0 aliphatic heterocycles. The van der Waals surface area contributed by atoms with Crippen LogP contribution in [0.2, 0.25) is 0 Å².